The molecule has 7 nitrogen and oxygen atoms in total. The van der Waals surface area contributed by atoms with Crippen LogP contribution in [0.4, 0.5) is 27.8 Å². The Morgan fingerprint density at radius 2 is 1.88 bits per heavy atom. The van der Waals surface area contributed by atoms with Gasteiger partial charge < -0.3 is 14.5 Å². The smallest absolute Gasteiger partial charge is 0.380 e. The number of nitrogens with zero attached hydrogens (tertiary/aromatic N) is 4. The Bertz CT molecular complexity index is 1740. The number of alkyl halides is 3. The molecule has 0 N–H and O–H groups in total. The highest BCUT2D eigenvalue weighted by molar-refractivity contribution is 7.99. The highest BCUT2D eigenvalue weighted by Gasteiger charge is 2.45. The number of piperazine rings is 1. The second-order valence-electron chi connectivity index (χ2n) is 11.4. The summed E-state index contributed by atoms with van der Waals surface area (Å²) in [4.78, 5) is 33.8. The van der Waals surface area contributed by atoms with Crippen molar-refractivity contribution in [3.63, 3.8) is 0 Å². The molecule has 0 aliphatic carbocycles. The predicted molar refractivity (Wildman–Crippen MR) is 154 cm³/mol. The standard InChI is InChI=1S/C29H26ClF5N4O3S/c1-4-22(40)37-8-15(3)38(9-14(37)2)26-17-5-18(29(33,34)35)23(16-6-19(30)21(32)7-20(16)31)25-24(17)39(27(41)36-26)10-28(13-43-25)11-42-12-28/h4-7,14-15H,1,8-13H2,2-3H3/t14-,15+/m1/s1. The van der Waals surface area contributed by atoms with Gasteiger partial charge in [0.15, 0.2) is 0 Å². The summed E-state index contributed by atoms with van der Waals surface area (Å²) in [6, 6.07) is 1.41. The number of halogens is 6. The van der Waals surface area contributed by atoms with Crippen LogP contribution in [-0.2, 0) is 22.3 Å². The number of amides is 1. The van der Waals surface area contributed by atoms with Crippen molar-refractivity contribution in [2.24, 2.45) is 5.41 Å². The number of hydrogen-bond donors (Lipinski definition) is 0. The molecule has 3 aliphatic rings. The first-order chi connectivity index (χ1) is 20.2. The molecule has 0 unspecified atom stereocenters. The number of carbonyl (C=O) groups is 1. The number of anilines is 1. The van der Waals surface area contributed by atoms with Crippen LogP contribution in [-0.4, -0.2) is 64.5 Å². The molecule has 6 rings (SSSR count). The number of ether oxygens (including phenoxy) is 1. The van der Waals surface area contributed by atoms with Crippen LogP contribution in [0.25, 0.3) is 22.0 Å². The third-order valence-corrected chi connectivity index (χ3v) is 10.1. The predicted octanol–water partition coefficient (Wildman–Crippen LogP) is 5.75. The van der Waals surface area contributed by atoms with E-state index in [1.165, 1.54) is 10.6 Å². The maximum absolute atomic E-state index is 15.3. The molecular formula is C29H26ClF5N4O3S. The third kappa shape index (κ3) is 4.89. The summed E-state index contributed by atoms with van der Waals surface area (Å²) in [5.41, 5.74) is -3.26. The van der Waals surface area contributed by atoms with Crippen molar-refractivity contribution in [2.75, 3.05) is 37.0 Å². The lowest BCUT2D eigenvalue weighted by Gasteiger charge is -2.44. The molecule has 0 saturated carbocycles. The fourth-order valence-electron chi connectivity index (χ4n) is 6.12. The molecule has 3 aromatic rings. The second kappa shape index (κ2) is 10.5. The summed E-state index contributed by atoms with van der Waals surface area (Å²) in [5, 5.41) is -0.478. The van der Waals surface area contributed by atoms with Crippen molar-refractivity contribution < 1.29 is 31.5 Å². The van der Waals surface area contributed by atoms with Crippen LogP contribution < -0.4 is 10.6 Å². The first-order valence-corrected chi connectivity index (χ1v) is 14.8. The average Bonchev–Trinajstić information content (AvgIpc) is 3.12. The molecule has 228 valence electrons. The van der Waals surface area contributed by atoms with Gasteiger partial charge in [-0.25, -0.2) is 13.6 Å². The van der Waals surface area contributed by atoms with E-state index in [0.717, 1.165) is 23.9 Å². The van der Waals surface area contributed by atoms with Crippen LogP contribution >= 0.6 is 23.4 Å². The topological polar surface area (TPSA) is 67.7 Å². The summed E-state index contributed by atoms with van der Waals surface area (Å²) >= 11 is 7.02. The summed E-state index contributed by atoms with van der Waals surface area (Å²) in [5.74, 6) is -2.28. The van der Waals surface area contributed by atoms with E-state index in [4.69, 9.17) is 16.3 Å². The van der Waals surface area contributed by atoms with E-state index in [0.29, 0.717) is 11.8 Å². The molecule has 1 aromatic heterocycles. The van der Waals surface area contributed by atoms with Gasteiger partial charge in [0.05, 0.1) is 29.3 Å². The lowest BCUT2D eigenvalue weighted by Crippen LogP contribution is -2.58. The fraction of sp³-hybridized carbons (Fsp3) is 0.414. The third-order valence-electron chi connectivity index (χ3n) is 8.33. The number of benzene rings is 2. The molecule has 2 fully saturated rings. The van der Waals surface area contributed by atoms with Crippen molar-refractivity contribution in [1.29, 1.82) is 0 Å². The van der Waals surface area contributed by atoms with E-state index in [-0.39, 0.29) is 66.4 Å². The van der Waals surface area contributed by atoms with Gasteiger partial charge in [-0.3, -0.25) is 9.36 Å². The van der Waals surface area contributed by atoms with E-state index < -0.39 is 56.7 Å². The maximum Gasteiger partial charge on any atom is 0.417 e. The number of carbonyl (C=O) groups excluding carboxylic acids is 1. The summed E-state index contributed by atoms with van der Waals surface area (Å²) < 4.78 is 80.9. The highest BCUT2D eigenvalue weighted by atomic mass is 35.5. The molecule has 0 bridgehead atoms. The molecule has 0 radical (unpaired) electrons. The lowest BCUT2D eigenvalue weighted by molar-refractivity contribution is -0.137. The molecule has 1 amide bonds. The number of thioether (sulfide) groups is 1. The first-order valence-electron chi connectivity index (χ1n) is 13.5. The minimum Gasteiger partial charge on any atom is -0.380 e. The zero-order valence-corrected chi connectivity index (χ0v) is 24.7. The molecule has 3 aliphatic heterocycles. The highest BCUT2D eigenvalue weighted by Crippen LogP contribution is 2.51. The largest absolute Gasteiger partial charge is 0.417 e. The zero-order chi connectivity index (χ0) is 31.0. The molecule has 2 aromatic carbocycles. The van der Waals surface area contributed by atoms with E-state index >= 15 is 4.39 Å². The molecule has 1 spiro atoms. The number of rotatable bonds is 3. The Morgan fingerprint density at radius 3 is 2.51 bits per heavy atom. The Kier molecular flexibility index (Phi) is 7.29. The van der Waals surface area contributed by atoms with E-state index in [1.807, 2.05) is 0 Å². The zero-order valence-electron chi connectivity index (χ0n) is 23.1. The molecule has 2 atom stereocenters. The first kappa shape index (κ1) is 29.9. The van der Waals surface area contributed by atoms with Crippen molar-refractivity contribution in [3.05, 3.63) is 63.6 Å². The van der Waals surface area contributed by atoms with Crippen LogP contribution in [0.15, 0.2) is 40.5 Å². The Hall–Kier alpha value is -3.16. The Balaban J connectivity index is 1.67. The van der Waals surface area contributed by atoms with Crippen molar-refractivity contribution in [2.45, 2.75) is 43.5 Å². The van der Waals surface area contributed by atoms with E-state index in [9.17, 15) is 27.2 Å². The van der Waals surface area contributed by atoms with Crippen molar-refractivity contribution in [3.8, 4) is 11.1 Å². The van der Waals surface area contributed by atoms with E-state index in [2.05, 4.69) is 11.6 Å². The summed E-state index contributed by atoms with van der Waals surface area (Å²) in [6.45, 7) is 8.25. The lowest BCUT2D eigenvalue weighted by atomic mass is 9.88. The number of hydrogen-bond acceptors (Lipinski definition) is 6. The maximum atomic E-state index is 15.3. The van der Waals surface area contributed by atoms with Crippen molar-refractivity contribution >= 4 is 46.0 Å². The van der Waals surface area contributed by atoms with Crippen LogP contribution in [0.5, 0.6) is 0 Å². The van der Waals surface area contributed by atoms with Gasteiger partial charge in [0.2, 0.25) is 5.91 Å². The summed E-state index contributed by atoms with van der Waals surface area (Å²) in [6.07, 6.45) is -3.77. The van der Waals surface area contributed by atoms with Gasteiger partial charge in [0.25, 0.3) is 0 Å². The van der Waals surface area contributed by atoms with Gasteiger partial charge in [-0.2, -0.15) is 18.2 Å². The SMILES string of the molecule is C=CC(=O)N1C[C@H](C)N(c2nc(=O)n3c4c(c(-c5cc(Cl)c(F)cc5F)c(C(F)(F)F)cc24)SCC2(COC2)C3)C[C@H]1C. The van der Waals surface area contributed by atoms with Crippen LogP contribution in [0, 0.1) is 17.0 Å². The normalized spacial score (nSPS) is 21.6. The van der Waals surface area contributed by atoms with Gasteiger partial charge in [0.1, 0.15) is 17.5 Å². The van der Waals surface area contributed by atoms with Gasteiger partial charge in [0, 0.05) is 70.4 Å². The van der Waals surface area contributed by atoms with Crippen LogP contribution in [0.1, 0.15) is 19.4 Å². The Labute approximate surface area is 252 Å². The average molecular weight is 641 g/mol. The van der Waals surface area contributed by atoms with Crippen LogP contribution in [0.3, 0.4) is 0 Å². The molecular weight excluding hydrogens is 615 g/mol. The van der Waals surface area contributed by atoms with Crippen molar-refractivity contribution in [1.82, 2.24) is 14.5 Å². The fourth-order valence-corrected chi connectivity index (χ4v) is 7.72. The quantitative estimate of drug-likeness (QED) is 0.207. The molecule has 43 heavy (non-hydrogen) atoms. The molecule has 4 heterocycles. The second-order valence-corrected chi connectivity index (χ2v) is 12.8. The van der Waals surface area contributed by atoms with Gasteiger partial charge >= 0.3 is 11.9 Å². The molecule has 2 saturated heterocycles. The van der Waals surface area contributed by atoms with Crippen LogP contribution in [0.2, 0.25) is 5.02 Å². The minimum absolute atomic E-state index is 0.0251. The van der Waals surface area contributed by atoms with Gasteiger partial charge in [-0.15, -0.1) is 11.8 Å². The Morgan fingerprint density at radius 1 is 1.16 bits per heavy atom. The molecule has 14 heteroatoms. The summed E-state index contributed by atoms with van der Waals surface area (Å²) in [7, 11) is 0. The number of aromatic nitrogens is 2. The minimum atomic E-state index is -4.97. The van der Waals surface area contributed by atoms with Gasteiger partial charge in [-0.05, 0) is 32.1 Å². The monoisotopic (exact) mass is 640 g/mol. The van der Waals surface area contributed by atoms with E-state index in [1.54, 1.807) is 23.6 Å². The van der Waals surface area contributed by atoms with Gasteiger partial charge in [-0.1, -0.05) is 18.2 Å².